The van der Waals surface area contributed by atoms with E-state index in [0.717, 1.165) is 12.8 Å². The van der Waals surface area contributed by atoms with Gasteiger partial charge in [0.15, 0.2) is 0 Å². The summed E-state index contributed by atoms with van der Waals surface area (Å²) in [6, 6.07) is 8.70. The fourth-order valence-corrected chi connectivity index (χ4v) is 4.59. The number of ketones is 1. The number of carbonyl (C=O) groups excluding carboxylic acids is 1. The van der Waals surface area contributed by atoms with Gasteiger partial charge >= 0.3 is 16.7 Å². The number of nitrogens with two attached hydrogens (primary N) is 1. The number of hydrogen-bond donors (Lipinski definition) is 2. The molecule has 3 N–H and O–H groups in total. The first-order chi connectivity index (χ1) is 17.4. The maximum atomic E-state index is 13.2. The Morgan fingerprint density at radius 3 is 2.78 bits per heavy atom. The van der Waals surface area contributed by atoms with Gasteiger partial charge in [-0.3, -0.25) is 18.6 Å². The second-order valence-corrected chi connectivity index (χ2v) is 9.86. The van der Waals surface area contributed by atoms with Crippen molar-refractivity contribution in [2.45, 2.75) is 38.2 Å². The highest BCUT2D eigenvalue weighted by atomic mass is 32.2. The minimum Gasteiger partial charge on any atom is -0.406 e. The zero-order valence-electron chi connectivity index (χ0n) is 19.4. The number of halogens is 3. The summed E-state index contributed by atoms with van der Waals surface area (Å²) in [7, 11) is -4.00. The molecule has 1 aliphatic rings. The topological polar surface area (TPSA) is 138 Å². The van der Waals surface area contributed by atoms with Crippen LogP contribution in [0.3, 0.4) is 0 Å². The van der Waals surface area contributed by atoms with E-state index in [1.54, 1.807) is 24.5 Å². The lowest BCUT2D eigenvalue weighted by Gasteiger charge is -2.16. The molecule has 2 unspecified atom stereocenters. The third kappa shape index (κ3) is 7.74. The third-order valence-corrected chi connectivity index (χ3v) is 6.25. The van der Waals surface area contributed by atoms with E-state index in [1.807, 2.05) is 0 Å². The number of carbonyl (C=O) groups is 1. The van der Waals surface area contributed by atoms with Gasteiger partial charge in [-0.1, -0.05) is 12.1 Å². The fourth-order valence-electron chi connectivity index (χ4n) is 4.21. The van der Waals surface area contributed by atoms with Crippen molar-refractivity contribution in [2.24, 2.45) is 11.1 Å². The van der Waals surface area contributed by atoms with E-state index in [-0.39, 0.29) is 42.3 Å². The highest BCUT2D eigenvalue weighted by Gasteiger charge is 2.31. The van der Waals surface area contributed by atoms with Gasteiger partial charge in [-0.05, 0) is 55.0 Å². The van der Waals surface area contributed by atoms with E-state index in [0.29, 0.717) is 23.2 Å². The van der Waals surface area contributed by atoms with Crippen LogP contribution in [0.2, 0.25) is 0 Å². The molecule has 198 valence electrons. The standard InChI is InChI=1S/C23H24F3N5O5S/c24-23(25,26)36-18-3-1-2-15(11-18)13-31-9-7-21(30-31)22(32)19-12-28-8-6-20(19)29-17-5-4-16(10-17)14-35-37(27,33)34/h1-3,6-9,11-12,16-17H,4-5,10,13-14H2,(H,28,29)(H2,27,33,34). The van der Waals surface area contributed by atoms with Crippen LogP contribution in [0.25, 0.3) is 0 Å². The molecule has 0 radical (unpaired) electrons. The Kier molecular flexibility index (Phi) is 7.80. The predicted molar refractivity (Wildman–Crippen MR) is 126 cm³/mol. The molecule has 0 saturated heterocycles. The second-order valence-electron chi connectivity index (χ2n) is 8.64. The zero-order chi connectivity index (χ0) is 26.6. The van der Waals surface area contributed by atoms with Crippen molar-refractivity contribution >= 4 is 21.8 Å². The number of alkyl halides is 3. The summed E-state index contributed by atoms with van der Waals surface area (Å²) in [6.45, 7) is 0.131. The van der Waals surface area contributed by atoms with Crippen molar-refractivity contribution in [3.05, 3.63) is 71.8 Å². The van der Waals surface area contributed by atoms with E-state index < -0.39 is 16.7 Å². The van der Waals surface area contributed by atoms with Gasteiger partial charge in [0.1, 0.15) is 11.4 Å². The molecule has 1 aliphatic carbocycles. The minimum atomic E-state index is -4.79. The second kappa shape index (κ2) is 10.9. The monoisotopic (exact) mass is 539 g/mol. The number of rotatable bonds is 10. The highest BCUT2D eigenvalue weighted by molar-refractivity contribution is 7.84. The molecular formula is C23H24F3N5O5S. The van der Waals surface area contributed by atoms with E-state index >= 15 is 0 Å². The van der Waals surface area contributed by atoms with E-state index in [1.165, 1.54) is 35.1 Å². The van der Waals surface area contributed by atoms with Crippen LogP contribution in [0, 0.1) is 5.92 Å². The normalized spacial score (nSPS) is 18.1. The van der Waals surface area contributed by atoms with Crippen LogP contribution in [0.4, 0.5) is 18.9 Å². The molecule has 2 atom stereocenters. The Balaban J connectivity index is 1.41. The molecule has 0 aliphatic heterocycles. The number of nitrogens with one attached hydrogen (secondary N) is 1. The molecule has 1 fully saturated rings. The first-order valence-corrected chi connectivity index (χ1v) is 12.7. The summed E-state index contributed by atoms with van der Waals surface area (Å²) in [5.41, 5.74) is 1.52. The smallest absolute Gasteiger partial charge is 0.406 e. The van der Waals surface area contributed by atoms with Crippen LogP contribution >= 0.6 is 0 Å². The van der Waals surface area contributed by atoms with Crippen molar-refractivity contribution in [2.75, 3.05) is 11.9 Å². The maximum absolute atomic E-state index is 13.2. The molecule has 0 bridgehead atoms. The molecule has 2 heterocycles. The number of anilines is 1. The van der Waals surface area contributed by atoms with Crippen molar-refractivity contribution in [3.63, 3.8) is 0 Å². The Bertz CT molecular complexity index is 1360. The number of hydrogen-bond acceptors (Lipinski definition) is 8. The first kappa shape index (κ1) is 26.6. The molecule has 14 heteroatoms. The van der Waals surface area contributed by atoms with Gasteiger partial charge in [-0.2, -0.15) is 13.5 Å². The number of ether oxygens (including phenoxy) is 1. The van der Waals surface area contributed by atoms with Gasteiger partial charge in [0.2, 0.25) is 5.78 Å². The lowest BCUT2D eigenvalue weighted by molar-refractivity contribution is -0.274. The summed E-state index contributed by atoms with van der Waals surface area (Å²) in [4.78, 5) is 17.2. The van der Waals surface area contributed by atoms with Gasteiger partial charge in [0.05, 0.1) is 18.7 Å². The zero-order valence-corrected chi connectivity index (χ0v) is 20.2. The number of aromatic nitrogens is 3. The molecule has 4 rings (SSSR count). The quantitative estimate of drug-likeness (QED) is 0.375. The van der Waals surface area contributed by atoms with Crippen molar-refractivity contribution in [3.8, 4) is 5.75 Å². The molecule has 3 aromatic rings. The SMILES string of the molecule is NS(=O)(=O)OCC1CCC(Nc2ccncc2C(=O)c2ccn(Cc3cccc(OC(F)(F)F)c3)n2)C1. The van der Waals surface area contributed by atoms with Gasteiger partial charge < -0.3 is 10.1 Å². The summed E-state index contributed by atoms with van der Waals surface area (Å²) >= 11 is 0. The maximum Gasteiger partial charge on any atom is 0.573 e. The lowest BCUT2D eigenvalue weighted by Crippen LogP contribution is -2.21. The number of nitrogens with zero attached hydrogens (tertiary/aromatic N) is 3. The lowest BCUT2D eigenvalue weighted by atomic mass is 10.1. The Labute approximate surface area is 210 Å². The van der Waals surface area contributed by atoms with Gasteiger partial charge in [-0.15, -0.1) is 13.2 Å². The molecule has 37 heavy (non-hydrogen) atoms. The number of benzene rings is 1. The molecule has 0 amide bonds. The summed E-state index contributed by atoms with van der Waals surface area (Å²) < 4.78 is 69.6. The molecule has 1 aromatic carbocycles. The highest BCUT2D eigenvalue weighted by Crippen LogP contribution is 2.30. The minimum absolute atomic E-state index is 0.00181. The van der Waals surface area contributed by atoms with Crippen LogP contribution in [0.1, 0.15) is 40.9 Å². The Morgan fingerprint density at radius 2 is 2.03 bits per heavy atom. The van der Waals surface area contributed by atoms with Crippen LogP contribution in [-0.2, 0) is 21.0 Å². The van der Waals surface area contributed by atoms with E-state index in [2.05, 4.69) is 20.1 Å². The summed E-state index contributed by atoms with van der Waals surface area (Å²) in [6.07, 6.45) is 1.86. The van der Waals surface area contributed by atoms with Crippen LogP contribution in [-0.4, -0.2) is 48.0 Å². The van der Waals surface area contributed by atoms with Crippen LogP contribution < -0.4 is 15.2 Å². The van der Waals surface area contributed by atoms with E-state index in [9.17, 15) is 26.4 Å². The molecular weight excluding hydrogens is 515 g/mol. The molecule has 1 saturated carbocycles. The predicted octanol–water partition coefficient (Wildman–Crippen LogP) is 3.26. The van der Waals surface area contributed by atoms with E-state index in [4.69, 9.17) is 9.32 Å². The van der Waals surface area contributed by atoms with Gasteiger partial charge in [-0.25, -0.2) is 5.14 Å². The van der Waals surface area contributed by atoms with Crippen molar-refractivity contribution in [1.29, 1.82) is 0 Å². The number of pyridine rings is 1. The average molecular weight is 540 g/mol. The molecule has 0 spiro atoms. The first-order valence-electron chi connectivity index (χ1n) is 11.3. The summed E-state index contributed by atoms with van der Waals surface area (Å²) in [5, 5.41) is 12.5. The molecule has 10 nitrogen and oxygen atoms in total. The van der Waals surface area contributed by atoms with Crippen LogP contribution in [0.15, 0.2) is 55.0 Å². The summed E-state index contributed by atoms with van der Waals surface area (Å²) in [5.74, 6) is -0.715. The average Bonchev–Trinajstić information content (AvgIpc) is 3.46. The largest absolute Gasteiger partial charge is 0.573 e. The van der Waals surface area contributed by atoms with Gasteiger partial charge in [0.25, 0.3) is 0 Å². The Hall–Kier alpha value is -3.49. The third-order valence-electron chi connectivity index (χ3n) is 5.78. The Morgan fingerprint density at radius 1 is 1.22 bits per heavy atom. The van der Waals surface area contributed by atoms with Crippen molar-refractivity contribution < 1.29 is 35.3 Å². The molecule has 2 aromatic heterocycles. The van der Waals surface area contributed by atoms with Crippen LogP contribution in [0.5, 0.6) is 5.75 Å². The fraction of sp³-hybridized carbons (Fsp3) is 0.348. The van der Waals surface area contributed by atoms with Gasteiger partial charge in [0, 0.05) is 30.3 Å². The van der Waals surface area contributed by atoms with Crippen molar-refractivity contribution in [1.82, 2.24) is 14.8 Å².